The Morgan fingerprint density at radius 2 is 1.53 bits per heavy atom. The number of para-hydroxylation sites is 3. The predicted molar refractivity (Wildman–Crippen MR) is 138 cm³/mol. The molecule has 0 radical (unpaired) electrons. The molecule has 1 amide bonds. The van der Waals surface area contributed by atoms with Crippen molar-refractivity contribution in [3.63, 3.8) is 0 Å². The van der Waals surface area contributed by atoms with E-state index in [-0.39, 0.29) is 17.6 Å². The van der Waals surface area contributed by atoms with Crippen LogP contribution in [0, 0.1) is 5.82 Å². The van der Waals surface area contributed by atoms with E-state index in [0.29, 0.717) is 18.7 Å². The van der Waals surface area contributed by atoms with Gasteiger partial charge in [0, 0.05) is 25.4 Å². The molecule has 0 aliphatic carbocycles. The van der Waals surface area contributed by atoms with Gasteiger partial charge in [0.2, 0.25) is 5.91 Å². The lowest BCUT2D eigenvalue weighted by Gasteiger charge is -2.18. The van der Waals surface area contributed by atoms with Crippen LogP contribution in [0.4, 0.5) is 10.1 Å². The number of halogens is 1. The number of aromatic nitrogens is 2. The molecule has 4 nitrogen and oxygen atoms in total. The molecule has 1 aromatic heterocycles. The molecule has 0 saturated carbocycles. The molecule has 0 N–H and O–H groups in total. The fraction of sp³-hybridized carbons (Fsp3) is 0.517. The molecule has 0 bridgehead atoms. The van der Waals surface area contributed by atoms with Crippen LogP contribution in [-0.2, 0) is 11.3 Å². The number of anilines is 1. The van der Waals surface area contributed by atoms with Gasteiger partial charge in [-0.1, -0.05) is 89.0 Å². The van der Waals surface area contributed by atoms with Crippen LogP contribution in [-0.4, -0.2) is 22.0 Å². The number of carbonyl (C=O) groups is 1. The van der Waals surface area contributed by atoms with Crippen molar-refractivity contribution in [2.24, 2.45) is 0 Å². The zero-order valence-corrected chi connectivity index (χ0v) is 20.5. The maximum Gasteiger partial charge on any atom is 0.227 e. The van der Waals surface area contributed by atoms with E-state index >= 15 is 0 Å². The Kier molecular flexibility index (Phi) is 8.73. The van der Waals surface area contributed by atoms with E-state index in [4.69, 9.17) is 4.98 Å². The molecule has 1 aliphatic heterocycles. The average molecular weight is 464 g/mol. The van der Waals surface area contributed by atoms with Crippen molar-refractivity contribution in [1.29, 1.82) is 0 Å². The summed E-state index contributed by atoms with van der Waals surface area (Å²) < 4.78 is 16.7. The van der Waals surface area contributed by atoms with Gasteiger partial charge in [0.15, 0.2) is 0 Å². The fourth-order valence-corrected chi connectivity index (χ4v) is 5.18. The molecule has 34 heavy (non-hydrogen) atoms. The third kappa shape index (κ3) is 5.86. The van der Waals surface area contributed by atoms with Crippen LogP contribution < -0.4 is 4.90 Å². The number of fused-ring (bicyclic) bond motifs is 1. The van der Waals surface area contributed by atoms with Gasteiger partial charge in [0.25, 0.3) is 0 Å². The summed E-state index contributed by atoms with van der Waals surface area (Å²) in [7, 11) is 0. The third-order valence-corrected chi connectivity index (χ3v) is 7.05. The minimum atomic E-state index is -0.352. The van der Waals surface area contributed by atoms with Gasteiger partial charge < -0.3 is 9.47 Å². The molecule has 5 heteroatoms. The molecule has 2 aromatic carbocycles. The van der Waals surface area contributed by atoms with Crippen molar-refractivity contribution in [3.8, 4) is 0 Å². The Balaban J connectivity index is 1.37. The third-order valence-electron chi connectivity index (χ3n) is 7.05. The van der Waals surface area contributed by atoms with Gasteiger partial charge in [0.05, 0.1) is 16.7 Å². The Hall–Kier alpha value is -2.69. The lowest BCUT2D eigenvalue weighted by atomic mass is 10.1. The SMILES string of the molecule is CCCCCCCCCCCCn1c(C2CC(=O)N(c3ccccc3F)C2)nc2ccccc21. The van der Waals surface area contributed by atoms with E-state index in [2.05, 4.69) is 17.6 Å². The van der Waals surface area contributed by atoms with Crippen LogP contribution in [0.2, 0.25) is 0 Å². The number of nitrogens with zero attached hydrogens (tertiary/aromatic N) is 3. The topological polar surface area (TPSA) is 38.1 Å². The van der Waals surface area contributed by atoms with Gasteiger partial charge in [-0.15, -0.1) is 0 Å². The number of hydrogen-bond acceptors (Lipinski definition) is 2. The Morgan fingerprint density at radius 3 is 2.26 bits per heavy atom. The normalized spacial score (nSPS) is 16.1. The number of benzene rings is 2. The smallest absolute Gasteiger partial charge is 0.227 e. The molecule has 1 unspecified atom stereocenters. The van der Waals surface area contributed by atoms with Crippen LogP contribution in [0.1, 0.15) is 89.3 Å². The molecule has 4 rings (SSSR count). The first-order valence-corrected chi connectivity index (χ1v) is 13.2. The highest BCUT2D eigenvalue weighted by molar-refractivity contribution is 5.96. The van der Waals surface area contributed by atoms with Crippen LogP contribution in [0.3, 0.4) is 0 Å². The summed E-state index contributed by atoms with van der Waals surface area (Å²) in [6, 6.07) is 14.7. The highest BCUT2D eigenvalue weighted by Crippen LogP contribution is 2.34. The monoisotopic (exact) mass is 463 g/mol. The highest BCUT2D eigenvalue weighted by atomic mass is 19.1. The Morgan fingerprint density at radius 1 is 0.882 bits per heavy atom. The fourth-order valence-electron chi connectivity index (χ4n) is 5.18. The second-order valence-electron chi connectivity index (χ2n) is 9.65. The Bertz CT molecular complexity index is 1080. The second kappa shape index (κ2) is 12.1. The van der Waals surface area contributed by atoms with Gasteiger partial charge in [0.1, 0.15) is 11.6 Å². The first kappa shape index (κ1) is 24.4. The number of unbranched alkanes of at least 4 members (excludes halogenated alkanes) is 9. The highest BCUT2D eigenvalue weighted by Gasteiger charge is 2.35. The van der Waals surface area contributed by atoms with Crippen molar-refractivity contribution in [2.45, 2.75) is 90.0 Å². The maximum atomic E-state index is 14.3. The molecule has 182 valence electrons. The summed E-state index contributed by atoms with van der Waals surface area (Å²) in [5.41, 5.74) is 2.47. The molecule has 1 aliphatic rings. The Labute approximate surface area is 203 Å². The van der Waals surface area contributed by atoms with Crippen molar-refractivity contribution >= 4 is 22.6 Å². The van der Waals surface area contributed by atoms with E-state index in [9.17, 15) is 9.18 Å². The minimum absolute atomic E-state index is 0.0253. The number of imidazole rings is 1. The number of amides is 1. The first-order valence-electron chi connectivity index (χ1n) is 13.2. The molecule has 1 atom stereocenters. The van der Waals surface area contributed by atoms with Gasteiger partial charge >= 0.3 is 0 Å². The summed E-state index contributed by atoms with van der Waals surface area (Å²) in [5, 5.41) is 0. The summed E-state index contributed by atoms with van der Waals surface area (Å²) >= 11 is 0. The van der Waals surface area contributed by atoms with Crippen molar-refractivity contribution in [2.75, 3.05) is 11.4 Å². The average Bonchev–Trinajstić information content (AvgIpc) is 3.41. The van der Waals surface area contributed by atoms with Crippen LogP contribution >= 0.6 is 0 Å². The van der Waals surface area contributed by atoms with Crippen molar-refractivity contribution in [1.82, 2.24) is 9.55 Å². The zero-order valence-electron chi connectivity index (χ0n) is 20.5. The molecule has 3 aromatic rings. The van der Waals surface area contributed by atoms with Crippen LogP contribution in [0.25, 0.3) is 11.0 Å². The van der Waals surface area contributed by atoms with Gasteiger partial charge in [-0.2, -0.15) is 0 Å². The largest absolute Gasteiger partial charge is 0.328 e. The first-order chi connectivity index (χ1) is 16.7. The van der Waals surface area contributed by atoms with Crippen LogP contribution in [0.5, 0.6) is 0 Å². The molecular weight excluding hydrogens is 425 g/mol. The zero-order chi connectivity index (χ0) is 23.8. The van der Waals surface area contributed by atoms with Crippen molar-refractivity contribution < 1.29 is 9.18 Å². The lowest BCUT2D eigenvalue weighted by Crippen LogP contribution is -2.25. The molecule has 0 spiro atoms. The minimum Gasteiger partial charge on any atom is -0.328 e. The van der Waals surface area contributed by atoms with Gasteiger partial charge in [-0.3, -0.25) is 4.79 Å². The predicted octanol–water partition coefficient (Wildman–Crippen LogP) is 7.62. The summed E-state index contributed by atoms with van der Waals surface area (Å²) in [6.07, 6.45) is 13.4. The van der Waals surface area contributed by atoms with E-state index in [1.165, 1.54) is 63.9 Å². The molecular formula is C29H38FN3O. The van der Waals surface area contributed by atoms with E-state index in [0.717, 1.165) is 29.8 Å². The van der Waals surface area contributed by atoms with Gasteiger partial charge in [-0.05, 0) is 30.7 Å². The maximum absolute atomic E-state index is 14.3. The molecule has 1 fully saturated rings. The molecule has 1 saturated heterocycles. The number of rotatable bonds is 13. The number of aryl methyl sites for hydroxylation is 1. The molecule has 2 heterocycles. The second-order valence-corrected chi connectivity index (χ2v) is 9.65. The number of carbonyl (C=O) groups excluding carboxylic acids is 1. The summed E-state index contributed by atoms with van der Waals surface area (Å²) in [5.74, 6) is 0.551. The van der Waals surface area contributed by atoms with Crippen molar-refractivity contribution in [3.05, 3.63) is 60.2 Å². The number of hydrogen-bond donors (Lipinski definition) is 0. The van der Waals surface area contributed by atoms with Crippen LogP contribution in [0.15, 0.2) is 48.5 Å². The lowest BCUT2D eigenvalue weighted by molar-refractivity contribution is -0.117. The van der Waals surface area contributed by atoms with E-state index in [1.807, 2.05) is 18.2 Å². The summed E-state index contributed by atoms with van der Waals surface area (Å²) in [4.78, 5) is 19.3. The summed E-state index contributed by atoms with van der Waals surface area (Å²) in [6.45, 7) is 3.65. The quantitative estimate of drug-likeness (QED) is 0.245. The standard InChI is InChI=1S/C29H38FN3O/c1-2-3-4-5-6-7-8-9-10-15-20-32-27-19-14-12-17-25(27)31-29(32)23-21-28(34)33(22-23)26-18-13-11-16-24(26)30/h11-14,16-19,23H,2-10,15,20-22H2,1H3. The van der Waals surface area contributed by atoms with E-state index < -0.39 is 0 Å². The van der Waals surface area contributed by atoms with E-state index in [1.54, 1.807) is 23.1 Å². The van der Waals surface area contributed by atoms with Gasteiger partial charge in [-0.25, -0.2) is 9.37 Å².